The van der Waals surface area contributed by atoms with Gasteiger partial charge in [-0.15, -0.1) is 15.9 Å². The summed E-state index contributed by atoms with van der Waals surface area (Å²) in [6.07, 6.45) is 1.26. The lowest BCUT2D eigenvalue weighted by molar-refractivity contribution is -0.268. The van der Waals surface area contributed by atoms with Gasteiger partial charge in [-0.3, -0.25) is 0 Å². The Kier molecular flexibility index (Phi) is 5.68. The number of thioether (sulfide) groups is 1. The van der Waals surface area contributed by atoms with Crippen LogP contribution in [0, 0.1) is 0 Å². The molecular formula is C18H12ClN2O5S-. The number of nitrogens with zero attached hydrogens (tertiary/aromatic N) is 2. The summed E-state index contributed by atoms with van der Waals surface area (Å²) in [5, 5.41) is 29.4. The van der Waals surface area contributed by atoms with Crippen molar-refractivity contribution in [1.29, 1.82) is 0 Å². The molecule has 0 fully saturated rings. The molecule has 1 N–H and O–H groups in total. The molecule has 7 nitrogen and oxygen atoms in total. The molecule has 0 bridgehead atoms. The van der Waals surface area contributed by atoms with Crippen LogP contribution in [-0.4, -0.2) is 28.4 Å². The van der Waals surface area contributed by atoms with E-state index < -0.39 is 5.97 Å². The van der Waals surface area contributed by atoms with Crippen molar-refractivity contribution < 1.29 is 24.2 Å². The molecule has 9 heteroatoms. The Hall–Kier alpha value is -2.97. The third kappa shape index (κ3) is 4.42. The molecule has 27 heavy (non-hydrogen) atoms. The Balaban J connectivity index is 1.91. The van der Waals surface area contributed by atoms with Crippen LogP contribution in [0.5, 0.6) is 11.5 Å². The third-order valence-electron chi connectivity index (χ3n) is 3.41. The fraction of sp³-hybridized carbons (Fsp3) is 0.0556. The molecule has 0 saturated carbocycles. The van der Waals surface area contributed by atoms with E-state index in [1.807, 2.05) is 0 Å². The Labute approximate surface area is 163 Å². The second-order valence-corrected chi connectivity index (χ2v) is 6.60. The molecule has 0 atom stereocenters. The molecule has 0 radical (unpaired) electrons. The lowest BCUT2D eigenvalue weighted by atomic mass is 10.2. The first-order valence-electron chi connectivity index (χ1n) is 7.54. The van der Waals surface area contributed by atoms with Crippen molar-refractivity contribution in [2.45, 2.75) is 5.22 Å². The van der Waals surface area contributed by atoms with Crippen LogP contribution < -0.4 is 9.84 Å². The molecular weight excluding hydrogens is 392 g/mol. The summed E-state index contributed by atoms with van der Waals surface area (Å²) < 4.78 is 10.8. The number of carboxylic acid groups (broad SMARTS) is 1. The number of hydrogen-bond donors (Lipinski definition) is 1. The van der Waals surface area contributed by atoms with E-state index in [0.717, 1.165) is 11.8 Å². The van der Waals surface area contributed by atoms with Crippen LogP contribution >= 0.6 is 23.4 Å². The quantitative estimate of drug-likeness (QED) is 0.490. The first-order chi connectivity index (χ1) is 13.0. The van der Waals surface area contributed by atoms with E-state index >= 15 is 0 Å². The average molecular weight is 404 g/mol. The van der Waals surface area contributed by atoms with Crippen molar-refractivity contribution in [3.05, 3.63) is 58.0 Å². The summed E-state index contributed by atoms with van der Waals surface area (Å²) in [6.45, 7) is 0. The molecule has 1 heterocycles. The molecule has 0 amide bonds. The molecule has 138 valence electrons. The Morgan fingerprint density at radius 1 is 1.30 bits per heavy atom. The zero-order valence-corrected chi connectivity index (χ0v) is 15.5. The number of hydrogen-bond acceptors (Lipinski definition) is 7. The summed E-state index contributed by atoms with van der Waals surface area (Å²) in [6, 6.07) is 11.0. The van der Waals surface area contributed by atoms with Crippen molar-refractivity contribution in [2.24, 2.45) is 0 Å². The van der Waals surface area contributed by atoms with E-state index in [1.54, 1.807) is 30.3 Å². The van der Waals surface area contributed by atoms with Gasteiger partial charge in [-0.05, 0) is 41.6 Å². The smallest absolute Gasteiger partial charge is 0.342 e. The van der Waals surface area contributed by atoms with Crippen LogP contribution in [0.15, 0.2) is 57.0 Å². The highest BCUT2D eigenvalue weighted by molar-refractivity contribution is 8.03. The molecule has 0 aliphatic carbocycles. The zero-order valence-electron chi connectivity index (χ0n) is 13.9. The number of rotatable bonds is 6. The first-order valence-corrected chi connectivity index (χ1v) is 8.73. The lowest BCUT2D eigenvalue weighted by Gasteiger charge is -2.09. The highest BCUT2D eigenvalue weighted by atomic mass is 35.5. The minimum Gasteiger partial charge on any atom is -0.872 e. The number of aromatic nitrogens is 2. The van der Waals surface area contributed by atoms with Gasteiger partial charge in [-0.1, -0.05) is 35.9 Å². The molecule has 0 unspecified atom stereocenters. The third-order valence-corrected chi connectivity index (χ3v) is 4.50. The van der Waals surface area contributed by atoms with Gasteiger partial charge in [0.2, 0.25) is 0 Å². The monoisotopic (exact) mass is 403 g/mol. The Morgan fingerprint density at radius 3 is 2.78 bits per heavy atom. The van der Waals surface area contributed by atoms with Crippen molar-refractivity contribution in [1.82, 2.24) is 10.2 Å². The fourth-order valence-electron chi connectivity index (χ4n) is 2.18. The van der Waals surface area contributed by atoms with E-state index in [9.17, 15) is 15.0 Å². The van der Waals surface area contributed by atoms with Gasteiger partial charge in [-0.25, -0.2) is 4.79 Å². The van der Waals surface area contributed by atoms with Crippen LogP contribution in [0.4, 0.5) is 0 Å². The van der Waals surface area contributed by atoms with Crippen LogP contribution in [0.1, 0.15) is 5.56 Å². The normalized spacial score (nSPS) is 11.4. The van der Waals surface area contributed by atoms with Gasteiger partial charge in [0, 0.05) is 5.02 Å². The van der Waals surface area contributed by atoms with Crippen LogP contribution in [0.2, 0.25) is 5.02 Å². The maximum Gasteiger partial charge on any atom is 0.342 e. The van der Waals surface area contributed by atoms with Gasteiger partial charge in [-0.2, -0.15) is 0 Å². The SMILES string of the molecule is COc1ccc(Cl)cc1-c1nnc(S/C(=C/c2ccccc2[O-])C(=O)O)o1. The predicted molar refractivity (Wildman–Crippen MR) is 98.7 cm³/mol. The number of benzene rings is 2. The fourth-order valence-corrected chi connectivity index (χ4v) is 3.01. The number of ether oxygens (including phenoxy) is 1. The molecule has 2 aromatic carbocycles. The Bertz CT molecular complexity index is 1020. The number of para-hydroxylation sites is 1. The maximum atomic E-state index is 11.8. The van der Waals surface area contributed by atoms with Crippen molar-refractivity contribution >= 4 is 35.4 Å². The summed E-state index contributed by atoms with van der Waals surface area (Å²) in [4.78, 5) is 11.4. The zero-order chi connectivity index (χ0) is 19.4. The number of methoxy groups -OCH3 is 1. The molecule has 1 aromatic heterocycles. The first kappa shape index (κ1) is 18.8. The van der Waals surface area contributed by atoms with E-state index in [-0.39, 0.29) is 27.3 Å². The van der Waals surface area contributed by atoms with Crippen molar-refractivity contribution in [3.63, 3.8) is 0 Å². The molecule has 3 aromatic rings. The van der Waals surface area contributed by atoms with E-state index in [1.165, 1.54) is 25.3 Å². The number of carboxylic acids is 1. The van der Waals surface area contributed by atoms with E-state index in [0.29, 0.717) is 16.3 Å². The predicted octanol–water partition coefficient (Wildman–Crippen LogP) is 3.69. The van der Waals surface area contributed by atoms with Crippen molar-refractivity contribution in [3.8, 4) is 23.0 Å². The maximum absolute atomic E-state index is 11.8. The van der Waals surface area contributed by atoms with Crippen LogP contribution in [0.3, 0.4) is 0 Å². The molecule has 0 saturated heterocycles. The highest BCUT2D eigenvalue weighted by Crippen LogP contribution is 2.35. The standard InChI is InChI=1S/C18H13ClN2O5S/c1-25-14-7-6-11(19)9-12(14)16-20-21-18(26-16)27-15(17(23)24)8-10-4-2-3-5-13(10)22/h2-9,22H,1H3,(H,23,24)/p-1/b15-8+. The molecule has 0 aliphatic heterocycles. The summed E-state index contributed by atoms with van der Waals surface area (Å²) in [5.74, 6) is -0.894. The van der Waals surface area contributed by atoms with E-state index in [4.69, 9.17) is 20.8 Å². The van der Waals surface area contributed by atoms with Crippen molar-refractivity contribution in [2.75, 3.05) is 7.11 Å². The number of aliphatic carboxylic acids is 1. The lowest BCUT2D eigenvalue weighted by Crippen LogP contribution is -1.98. The second kappa shape index (κ2) is 8.15. The topological polar surface area (TPSA) is 109 Å². The van der Waals surface area contributed by atoms with Gasteiger partial charge in [0.15, 0.2) is 0 Å². The van der Waals surface area contributed by atoms with Gasteiger partial charge in [0.1, 0.15) is 10.7 Å². The van der Waals surface area contributed by atoms with Gasteiger partial charge >= 0.3 is 5.97 Å². The molecule has 0 aliphatic rings. The highest BCUT2D eigenvalue weighted by Gasteiger charge is 2.18. The average Bonchev–Trinajstić information content (AvgIpc) is 3.11. The largest absolute Gasteiger partial charge is 0.872 e. The van der Waals surface area contributed by atoms with Gasteiger partial charge in [0.25, 0.3) is 11.1 Å². The summed E-state index contributed by atoms with van der Waals surface area (Å²) in [7, 11) is 1.49. The number of halogens is 1. The van der Waals surface area contributed by atoms with Gasteiger partial charge in [0.05, 0.1) is 12.7 Å². The minimum absolute atomic E-state index is 0.00376. The Morgan fingerprint density at radius 2 is 2.07 bits per heavy atom. The minimum atomic E-state index is -1.22. The number of carbonyl (C=O) groups is 1. The summed E-state index contributed by atoms with van der Waals surface area (Å²) >= 11 is 6.74. The van der Waals surface area contributed by atoms with Gasteiger partial charge < -0.3 is 19.4 Å². The molecule has 0 spiro atoms. The molecule has 3 rings (SSSR count). The van der Waals surface area contributed by atoms with Crippen LogP contribution in [0.25, 0.3) is 17.5 Å². The van der Waals surface area contributed by atoms with Crippen LogP contribution in [-0.2, 0) is 4.79 Å². The van der Waals surface area contributed by atoms with E-state index in [2.05, 4.69) is 10.2 Å². The summed E-state index contributed by atoms with van der Waals surface area (Å²) in [5.41, 5.74) is 0.730. The second-order valence-electron chi connectivity index (χ2n) is 5.17.